The van der Waals surface area contributed by atoms with Crippen molar-refractivity contribution in [2.75, 3.05) is 0 Å². The summed E-state index contributed by atoms with van der Waals surface area (Å²) < 4.78 is 5.16. The van der Waals surface area contributed by atoms with Crippen LogP contribution < -0.4 is 4.74 Å². The Kier molecular flexibility index (Phi) is 3.51. The summed E-state index contributed by atoms with van der Waals surface area (Å²) in [5, 5.41) is 0. The van der Waals surface area contributed by atoms with Gasteiger partial charge in [0.25, 0.3) is 0 Å². The zero-order valence-corrected chi connectivity index (χ0v) is 9.47. The molecule has 0 radical (unpaired) electrons. The van der Waals surface area contributed by atoms with E-state index < -0.39 is 5.97 Å². The molecule has 0 bridgehead atoms. The van der Waals surface area contributed by atoms with Crippen molar-refractivity contribution in [3.05, 3.63) is 28.8 Å². The Balaban J connectivity index is 3.03. The number of hydrogen-bond acceptors (Lipinski definition) is 2. The molecule has 2 heteroatoms. The molecule has 0 heterocycles. The molecular formula is C13H14O2. The van der Waals surface area contributed by atoms with Crippen LogP contribution in [0, 0.1) is 32.6 Å². The maximum absolute atomic E-state index is 11.2. The molecule has 2 nitrogen and oxygen atoms in total. The second kappa shape index (κ2) is 4.65. The highest BCUT2D eigenvalue weighted by Crippen LogP contribution is 2.24. The topological polar surface area (TPSA) is 26.3 Å². The van der Waals surface area contributed by atoms with E-state index >= 15 is 0 Å². The molecular weight excluding hydrogens is 188 g/mol. The van der Waals surface area contributed by atoms with Gasteiger partial charge in [-0.2, -0.15) is 0 Å². The van der Waals surface area contributed by atoms with Gasteiger partial charge in [0.15, 0.2) is 0 Å². The molecule has 0 saturated heterocycles. The second-order valence-electron chi connectivity index (χ2n) is 3.49. The lowest BCUT2D eigenvalue weighted by molar-refractivity contribution is -0.128. The van der Waals surface area contributed by atoms with Gasteiger partial charge in [0.2, 0.25) is 0 Å². The summed E-state index contributed by atoms with van der Waals surface area (Å²) in [7, 11) is 0. The lowest BCUT2D eigenvalue weighted by Gasteiger charge is -2.09. The number of esters is 1. The van der Waals surface area contributed by atoms with Crippen LogP contribution in [-0.4, -0.2) is 5.97 Å². The number of rotatable bonds is 1. The van der Waals surface area contributed by atoms with Gasteiger partial charge >= 0.3 is 5.97 Å². The van der Waals surface area contributed by atoms with Crippen LogP contribution >= 0.6 is 0 Å². The summed E-state index contributed by atoms with van der Waals surface area (Å²) in [6, 6.07) is 3.96. The largest absolute Gasteiger partial charge is 0.416 e. The molecule has 0 N–H and O–H groups in total. The summed E-state index contributed by atoms with van der Waals surface area (Å²) in [5.74, 6) is 4.98. The fourth-order valence-electron chi connectivity index (χ4n) is 1.55. The van der Waals surface area contributed by atoms with Gasteiger partial charge in [-0.3, -0.25) is 0 Å². The van der Waals surface area contributed by atoms with E-state index in [4.69, 9.17) is 4.74 Å². The zero-order chi connectivity index (χ0) is 11.4. The van der Waals surface area contributed by atoms with Crippen LogP contribution in [0.5, 0.6) is 5.75 Å². The minimum Gasteiger partial charge on any atom is -0.416 e. The summed E-state index contributed by atoms with van der Waals surface area (Å²) in [6.45, 7) is 7.46. The van der Waals surface area contributed by atoms with Crippen LogP contribution in [0.25, 0.3) is 0 Å². The molecule has 78 valence electrons. The molecule has 15 heavy (non-hydrogen) atoms. The van der Waals surface area contributed by atoms with Crippen molar-refractivity contribution in [3.8, 4) is 17.6 Å². The third kappa shape index (κ3) is 2.85. The van der Waals surface area contributed by atoms with Crippen LogP contribution in [0.15, 0.2) is 12.1 Å². The molecule has 0 aliphatic rings. The molecule has 0 saturated carbocycles. The van der Waals surface area contributed by atoms with Crippen molar-refractivity contribution in [3.63, 3.8) is 0 Å². The highest BCUT2D eigenvalue weighted by molar-refractivity contribution is 5.90. The van der Waals surface area contributed by atoms with E-state index in [9.17, 15) is 4.79 Å². The van der Waals surface area contributed by atoms with Gasteiger partial charge in [0.1, 0.15) is 5.75 Å². The maximum Gasteiger partial charge on any atom is 0.389 e. The van der Waals surface area contributed by atoms with Gasteiger partial charge in [0, 0.05) is 5.92 Å². The third-order valence-electron chi connectivity index (χ3n) is 2.03. The third-order valence-corrected chi connectivity index (χ3v) is 2.03. The average Bonchev–Trinajstić information content (AvgIpc) is 2.11. The SMILES string of the molecule is CC#CC(=O)Oc1c(C)cc(C)cc1C. The van der Waals surface area contributed by atoms with Crippen molar-refractivity contribution < 1.29 is 9.53 Å². The van der Waals surface area contributed by atoms with Crippen LogP contribution in [0.2, 0.25) is 0 Å². The first-order valence-corrected chi connectivity index (χ1v) is 4.77. The highest BCUT2D eigenvalue weighted by atomic mass is 16.5. The van der Waals surface area contributed by atoms with E-state index in [-0.39, 0.29) is 0 Å². The Labute approximate surface area is 90.3 Å². The lowest BCUT2D eigenvalue weighted by Crippen LogP contribution is -2.07. The number of benzene rings is 1. The Morgan fingerprint density at radius 3 is 2.20 bits per heavy atom. The molecule has 0 amide bonds. The van der Waals surface area contributed by atoms with Crippen molar-refractivity contribution >= 4 is 5.97 Å². The first kappa shape index (κ1) is 11.3. The van der Waals surface area contributed by atoms with Crippen LogP contribution in [0.3, 0.4) is 0 Å². The molecule has 0 aliphatic heterocycles. The molecule has 0 fully saturated rings. The second-order valence-corrected chi connectivity index (χ2v) is 3.49. The summed E-state index contributed by atoms with van der Waals surface area (Å²) >= 11 is 0. The number of aryl methyl sites for hydroxylation is 3. The standard InChI is InChI=1S/C13H14O2/c1-5-6-12(14)15-13-10(3)7-9(2)8-11(13)4/h7-8H,1-4H3. The predicted molar refractivity (Wildman–Crippen MR) is 59.7 cm³/mol. The average molecular weight is 202 g/mol. The minimum atomic E-state index is -0.507. The molecule has 0 atom stereocenters. The van der Waals surface area contributed by atoms with Gasteiger partial charge in [-0.15, -0.1) is 0 Å². The Morgan fingerprint density at radius 1 is 1.20 bits per heavy atom. The molecule has 0 unspecified atom stereocenters. The normalized spacial score (nSPS) is 9.07. The Hall–Kier alpha value is -1.75. The van der Waals surface area contributed by atoms with E-state index in [1.165, 1.54) is 0 Å². The summed E-state index contributed by atoms with van der Waals surface area (Å²) in [6.07, 6.45) is 0. The quantitative estimate of drug-likeness (QED) is 0.303. The van der Waals surface area contributed by atoms with E-state index in [1.54, 1.807) is 6.92 Å². The predicted octanol–water partition coefficient (Wildman–Crippen LogP) is 2.54. The number of carbonyl (C=O) groups excluding carboxylic acids is 1. The zero-order valence-electron chi connectivity index (χ0n) is 9.47. The van der Waals surface area contributed by atoms with Gasteiger partial charge in [0.05, 0.1) is 0 Å². The van der Waals surface area contributed by atoms with Crippen LogP contribution in [0.4, 0.5) is 0 Å². The molecule has 1 rings (SSSR count). The van der Waals surface area contributed by atoms with Crippen LogP contribution in [-0.2, 0) is 4.79 Å². The van der Waals surface area contributed by atoms with Gasteiger partial charge in [-0.25, -0.2) is 4.79 Å². The van der Waals surface area contributed by atoms with E-state index in [0.29, 0.717) is 5.75 Å². The number of hydrogen-bond donors (Lipinski definition) is 0. The van der Waals surface area contributed by atoms with Gasteiger partial charge in [-0.05, 0) is 38.8 Å². The first-order chi connectivity index (χ1) is 7.04. The fraction of sp³-hybridized carbons (Fsp3) is 0.308. The monoisotopic (exact) mass is 202 g/mol. The van der Waals surface area contributed by atoms with Crippen molar-refractivity contribution in [1.82, 2.24) is 0 Å². The van der Waals surface area contributed by atoms with Crippen LogP contribution in [0.1, 0.15) is 23.6 Å². The Bertz CT molecular complexity index is 424. The van der Waals surface area contributed by atoms with Crippen molar-refractivity contribution in [1.29, 1.82) is 0 Å². The molecule has 0 spiro atoms. The van der Waals surface area contributed by atoms with E-state index in [2.05, 4.69) is 11.8 Å². The van der Waals surface area contributed by atoms with E-state index in [0.717, 1.165) is 16.7 Å². The van der Waals surface area contributed by atoms with E-state index in [1.807, 2.05) is 32.9 Å². The fourth-order valence-corrected chi connectivity index (χ4v) is 1.55. The first-order valence-electron chi connectivity index (χ1n) is 4.77. The molecule has 0 aromatic heterocycles. The maximum atomic E-state index is 11.2. The minimum absolute atomic E-state index is 0.507. The van der Waals surface area contributed by atoms with Crippen molar-refractivity contribution in [2.24, 2.45) is 0 Å². The molecule has 1 aromatic rings. The highest BCUT2D eigenvalue weighted by Gasteiger charge is 2.08. The smallest absolute Gasteiger partial charge is 0.389 e. The summed E-state index contributed by atoms with van der Waals surface area (Å²) in [5.41, 5.74) is 3.07. The summed E-state index contributed by atoms with van der Waals surface area (Å²) in [4.78, 5) is 11.2. The van der Waals surface area contributed by atoms with Gasteiger partial charge in [-0.1, -0.05) is 23.6 Å². The Morgan fingerprint density at radius 2 is 1.73 bits per heavy atom. The lowest BCUT2D eigenvalue weighted by atomic mass is 10.1. The number of carbonyl (C=O) groups is 1. The molecule has 1 aromatic carbocycles. The van der Waals surface area contributed by atoms with Crippen molar-refractivity contribution in [2.45, 2.75) is 27.7 Å². The number of ether oxygens (including phenoxy) is 1. The van der Waals surface area contributed by atoms with Gasteiger partial charge < -0.3 is 4.74 Å². The molecule has 0 aliphatic carbocycles.